The zero-order chi connectivity index (χ0) is 17.8. The summed E-state index contributed by atoms with van der Waals surface area (Å²) in [4.78, 5) is 20.8. The number of carbonyl (C=O) groups is 1. The molecule has 3 aromatic heterocycles. The third-order valence-electron chi connectivity index (χ3n) is 4.12. The molecule has 4 heterocycles. The van der Waals surface area contributed by atoms with Gasteiger partial charge in [0.05, 0.1) is 29.9 Å². The molecule has 4 rings (SSSR count). The molecule has 0 atom stereocenters. The highest BCUT2D eigenvalue weighted by molar-refractivity contribution is 7.99. The predicted molar refractivity (Wildman–Crippen MR) is 100 cm³/mol. The van der Waals surface area contributed by atoms with Crippen LogP contribution in [0.15, 0.2) is 51.5 Å². The van der Waals surface area contributed by atoms with E-state index in [0.29, 0.717) is 30.0 Å². The molecule has 0 radical (unpaired) electrons. The highest BCUT2D eigenvalue weighted by Gasteiger charge is 2.26. The molecular weight excluding hydrogens is 370 g/mol. The molecule has 7 nitrogen and oxygen atoms in total. The predicted octanol–water partition coefficient (Wildman–Crippen LogP) is 2.05. The number of nitrogens with one attached hydrogen (secondary N) is 1. The number of piperazine rings is 1. The normalized spacial score (nSPS) is 14.6. The lowest BCUT2D eigenvalue weighted by Crippen LogP contribution is -2.50. The molecule has 0 aromatic carbocycles. The van der Waals surface area contributed by atoms with Gasteiger partial charge in [0.2, 0.25) is 5.91 Å². The van der Waals surface area contributed by atoms with Crippen molar-refractivity contribution in [1.29, 1.82) is 0 Å². The third-order valence-corrected chi connectivity index (χ3v) is 5.78. The monoisotopic (exact) mass is 388 g/mol. The molecule has 9 heteroatoms. The number of carbonyl (C=O) groups excluding carboxylic acids is 1. The van der Waals surface area contributed by atoms with Crippen molar-refractivity contribution in [3.8, 4) is 10.8 Å². The summed E-state index contributed by atoms with van der Waals surface area (Å²) in [6, 6.07) is 9.89. The fourth-order valence-corrected chi connectivity index (χ4v) is 4.07. The number of rotatable bonds is 5. The summed E-state index contributed by atoms with van der Waals surface area (Å²) in [6.45, 7) is 3.07. The lowest BCUT2D eigenvalue weighted by molar-refractivity contribution is -0.364. The van der Waals surface area contributed by atoms with Crippen LogP contribution in [0.2, 0.25) is 0 Å². The molecule has 1 aliphatic rings. The fraction of sp³-hybridized carbons (Fsp3) is 0.294. The van der Waals surface area contributed by atoms with E-state index in [9.17, 15) is 4.79 Å². The lowest BCUT2D eigenvalue weighted by atomic mass is 10.3. The van der Waals surface area contributed by atoms with Gasteiger partial charge in [0.1, 0.15) is 13.1 Å². The van der Waals surface area contributed by atoms with Crippen molar-refractivity contribution in [2.75, 3.05) is 36.8 Å². The average molecular weight is 388 g/mol. The SMILES string of the molecule is O=C(CSc1nnc(-c2cccs2)o1)N1CCN(c2cccc[nH+]2)CC1. The van der Waals surface area contributed by atoms with E-state index in [0.717, 1.165) is 23.8 Å². The van der Waals surface area contributed by atoms with E-state index in [2.05, 4.69) is 20.1 Å². The van der Waals surface area contributed by atoms with Gasteiger partial charge in [-0.2, -0.15) is 0 Å². The molecule has 1 N–H and O–H groups in total. The van der Waals surface area contributed by atoms with Crippen LogP contribution in [-0.4, -0.2) is 52.9 Å². The van der Waals surface area contributed by atoms with E-state index in [-0.39, 0.29) is 5.91 Å². The molecule has 1 aliphatic heterocycles. The summed E-state index contributed by atoms with van der Waals surface area (Å²) in [5, 5.41) is 10.4. The molecule has 0 spiro atoms. The van der Waals surface area contributed by atoms with Crippen molar-refractivity contribution >= 4 is 34.8 Å². The Bertz CT molecular complexity index is 845. The number of H-pyrrole nitrogens is 1. The Balaban J connectivity index is 1.27. The molecule has 0 saturated carbocycles. The van der Waals surface area contributed by atoms with Gasteiger partial charge >= 0.3 is 0 Å². The maximum absolute atomic E-state index is 12.4. The van der Waals surface area contributed by atoms with Crippen molar-refractivity contribution < 1.29 is 14.2 Å². The smallest absolute Gasteiger partial charge is 0.277 e. The largest absolute Gasteiger partial charge is 0.410 e. The van der Waals surface area contributed by atoms with E-state index in [1.165, 1.54) is 11.8 Å². The highest BCUT2D eigenvalue weighted by Crippen LogP contribution is 2.26. The first kappa shape index (κ1) is 17.0. The highest BCUT2D eigenvalue weighted by atomic mass is 32.2. The van der Waals surface area contributed by atoms with Gasteiger partial charge in [-0.05, 0) is 17.5 Å². The van der Waals surface area contributed by atoms with Crippen LogP contribution in [0.4, 0.5) is 5.82 Å². The number of hydrogen-bond donors (Lipinski definition) is 0. The van der Waals surface area contributed by atoms with Gasteiger partial charge in [-0.1, -0.05) is 23.9 Å². The van der Waals surface area contributed by atoms with Gasteiger partial charge < -0.3 is 9.32 Å². The van der Waals surface area contributed by atoms with Crippen LogP contribution >= 0.6 is 23.1 Å². The van der Waals surface area contributed by atoms with Gasteiger partial charge in [0, 0.05) is 6.07 Å². The van der Waals surface area contributed by atoms with Crippen LogP contribution in [-0.2, 0) is 4.79 Å². The molecule has 1 saturated heterocycles. The van der Waals surface area contributed by atoms with E-state index in [1.54, 1.807) is 11.3 Å². The van der Waals surface area contributed by atoms with Crippen LogP contribution in [0, 0.1) is 0 Å². The standard InChI is InChI=1S/C17H17N5O2S2/c23-15(12-26-17-20-19-16(24-17)13-4-3-11-25-13)22-9-7-21(8-10-22)14-5-1-2-6-18-14/h1-6,11H,7-10,12H2/p+1. The van der Waals surface area contributed by atoms with E-state index >= 15 is 0 Å². The van der Waals surface area contributed by atoms with Crippen LogP contribution in [0.5, 0.6) is 0 Å². The number of aromatic nitrogens is 3. The number of amides is 1. The zero-order valence-electron chi connectivity index (χ0n) is 14.0. The number of aromatic amines is 1. The van der Waals surface area contributed by atoms with Crippen LogP contribution < -0.4 is 9.88 Å². The maximum Gasteiger partial charge on any atom is 0.277 e. The third kappa shape index (κ3) is 3.88. The second-order valence-electron chi connectivity index (χ2n) is 5.75. The Kier molecular flexibility index (Phi) is 5.16. The average Bonchev–Trinajstić information content (AvgIpc) is 3.38. The summed E-state index contributed by atoms with van der Waals surface area (Å²) >= 11 is 2.84. The van der Waals surface area contributed by atoms with E-state index < -0.39 is 0 Å². The number of thioether (sulfide) groups is 1. The Labute approximate surface area is 159 Å². The molecule has 26 heavy (non-hydrogen) atoms. The summed E-state index contributed by atoms with van der Waals surface area (Å²) in [5.74, 6) is 2.00. The Hall–Kier alpha value is -2.39. The maximum atomic E-state index is 12.4. The molecule has 1 fully saturated rings. The van der Waals surface area contributed by atoms with E-state index in [4.69, 9.17) is 4.42 Å². The number of nitrogens with zero attached hydrogens (tertiary/aromatic N) is 4. The molecule has 0 bridgehead atoms. The van der Waals surface area contributed by atoms with Crippen molar-refractivity contribution in [3.63, 3.8) is 0 Å². The lowest BCUT2D eigenvalue weighted by Gasteiger charge is -2.30. The summed E-state index contributed by atoms with van der Waals surface area (Å²) in [6.07, 6.45) is 1.92. The molecule has 134 valence electrons. The van der Waals surface area contributed by atoms with Crippen LogP contribution in [0.1, 0.15) is 0 Å². The molecule has 1 amide bonds. The molecule has 0 aliphatic carbocycles. The Morgan fingerprint density at radius 1 is 1.19 bits per heavy atom. The van der Waals surface area contributed by atoms with Crippen LogP contribution in [0.25, 0.3) is 10.8 Å². The van der Waals surface area contributed by atoms with Gasteiger partial charge in [0.15, 0.2) is 0 Å². The van der Waals surface area contributed by atoms with Crippen molar-refractivity contribution in [1.82, 2.24) is 15.1 Å². The minimum atomic E-state index is 0.0996. The van der Waals surface area contributed by atoms with Crippen molar-refractivity contribution in [3.05, 3.63) is 41.9 Å². The first-order chi connectivity index (χ1) is 12.8. The van der Waals surface area contributed by atoms with Gasteiger partial charge in [-0.25, -0.2) is 4.98 Å². The fourth-order valence-electron chi connectivity index (χ4n) is 2.76. The number of thiophene rings is 1. The minimum absolute atomic E-state index is 0.0996. The second kappa shape index (κ2) is 7.88. The Morgan fingerprint density at radius 3 is 2.81 bits per heavy atom. The summed E-state index contributed by atoms with van der Waals surface area (Å²) in [5.41, 5.74) is 0. The van der Waals surface area contributed by atoms with Crippen LogP contribution in [0.3, 0.4) is 0 Å². The number of hydrogen-bond acceptors (Lipinski definition) is 7. The molecular formula is C17H18N5O2S2+. The zero-order valence-corrected chi connectivity index (χ0v) is 15.6. The summed E-state index contributed by atoms with van der Waals surface area (Å²) < 4.78 is 5.61. The summed E-state index contributed by atoms with van der Waals surface area (Å²) in [7, 11) is 0. The first-order valence-electron chi connectivity index (χ1n) is 8.29. The van der Waals surface area contributed by atoms with Crippen molar-refractivity contribution in [2.24, 2.45) is 0 Å². The minimum Gasteiger partial charge on any atom is -0.410 e. The van der Waals surface area contributed by atoms with Crippen molar-refractivity contribution in [2.45, 2.75) is 5.22 Å². The molecule has 3 aromatic rings. The Morgan fingerprint density at radius 2 is 2.08 bits per heavy atom. The quantitative estimate of drug-likeness (QED) is 0.623. The van der Waals surface area contributed by atoms with Gasteiger partial charge in [-0.3, -0.25) is 9.69 Å². The topological polar surface area (TPSA) is 76.6 Å². The second-order valence-corrected chi connectivity index (χ2v) is 7.63. The number of pyridine rings is 1. The van der Waals surface area contributed by atoms with Gasteiger partial charge in [0.25, 0.3) is 16.9 Å². The number of anilines is 1. The van der Waals surface area contributed by atoms with Gasteiger partial charge in [-0.15, -0.1) is 21.5 Å². The molecule has 0 unspecified atom stereocenters. The first-order valence-corrected chi connectivity index (χ1v) is 10.2. The van der Waals surface area contributed by atoms with E-state index in [1.807, 2.05) is 46.8 Å².